The Balaban J connectivity index is 1.24. The largest absolute Gasteiger partial charge is 0.371 e. The fourth-order valence-electron chi connectivity index (χ4n) is 4.92. The summed E-state index contributed by atoms with van der Waals surface area (Å²) in [4.78, 5) is 16.1. The van der Waals surface area contributed by atoms with Crippen LogP contribution < -0.4 is 14.3 Å². The molecule has 0 saturated carbocycles. The molecule has 0 aliphatic carbocycles. The number of anilines is 1. The van der Waals surface area contributed by atoms with Gasteiger partial charge in [0.1, 0.15) is 0 Å². The molecule has 11 heteroatoms. The predicted octanol–water partition coefficient (Wildman–Crippen LogP) is 5.66. The van der Waals surface area contributed by atoms with Crippen LogP contribution >= 0.6 is 11.8 Å². The SMILES string of the molecule is CC1(C)CCN(c2ccc(C(=O)NS(=O)(=O)c3ccc4ccc(S(=O)(=O)NCCSc5ccccc5)cc4c3)cc2)CC1. The van der Waals surface area contributed by atoms with Gasteiger partial charge < -0.3 is 4.90 Å². The summed E-state index contributed by atoms with van der Waals surface area (Å²) in [7, 11) is -8.03. The molecule has 0 unspecified atom stereocenters. The molecule has 1 heterocycles. The van der Waals surface area contributed by atoms with Crippen molar-refractivity contribution in [2.24, 2.45) is 5.41 Å². The fourth-order valence-corrected chi connectivity index (χ4v) is 7.91. The van der Waals surface area contributed by atoms with Crippen LogP contribution in [0.25, 0.3) is 10.8 Å². The standard InChI is InChI=1S/C32H35N3O5S3/c1-32(2)16-19-35(20-17-32)27-12-8-25(9-13-27)31(36)34-43(39,40)30-15-11-24-10-14-29(22-26(24)23-30)42(37,38)33-18-21-41-28-6-4-3-5-7-28/h3-15,22-23,33H,16-21H2,1-2H3,(H,34,36). The van der Waals surface area contributed by atoms with Gasteiger partial charge in [-0.1, -0.05) is 44.2 Å². The molecule has 4 aromatic rings. The minimum atomic E-state index is -4.21. The van der Waals surface area contributed by atoms with Crippen LogP contribution in [0.4, 0.5) is 5.69 Å². The molecule has 0 radical (unpaired) electrons. The van der Waals surface area contributed by atoms with E-state index in [1.807, 2.05) is 42.5 Å². The number of sulfonamides is 2. The first-order chi connectivity index (χ1) is 20.4. The maximum atomic E-state index is 13.1. The lowest BCUT2D eigenvalue weighted by molar-refractivity contribution is 0.0981. The van der Waals surface area contributed by atoms with Gasteiger partial charge >= 0.3 is 0 Å². The summed E-state index contributed by atoms with van der Waals surface area (Å²) in [6.45, 7) is 6.63. The lowest BCUT2D eigenvalue weighted by atomic mass is 9.82. The average Bonchev–Trinajstić information content (AvgIpc) is 2.99. The number of benzene rings is 4. The third kappa shape index (κ3) is 7.77. The molecular formula is C32H35N3O5S3. The van der Waals surface area contributed by atoms with Gasteiger partial charge in [-0.15, -0.1) is 11.8 Å². The number of carbonyl (C=O) groups excluding carboxylic acids is 1. The van der Waals surface area contributed by atoms with E-state index in [4.69, 9.17) is 0 Å². The molecule has 1 amide bonds. The zero-order valence-electron chi connectivity index (χ0n) is 24.1. The number of nitrogens with one attached hydrogen (secondary N) is 2. The van der Waals surface area contributed by atoms with Gasteiger partial charge in [0.15, 0.2) is 0 Å². The van der Waals surface area contributed by atoms with Gasteiger partial charge in [0.25, 0.3) is 15.9 Å². The minimum Gasteiger partial charge on any atom is -0.371 e. The summed E-state index contributed by atoms with van der Waals surface area (Å²) in [5.74, 6) is -0.182. The zero-order chi connectivity index (χ0) is 30.7. The van der Waals surface area contributed by atoms with Gasteiger partial charge in [0.2, 0.25) is 10.0 Å². The molecule has 0 bridgehead atoms. The number of thioether (sulfide) groups is 1. The molecule has 4 aromatic carbocycles. The number of amides is 1. The van der Waals surface area contributed by atoms with Gasteiger partial charge in [0.05, 0.1) is 9.79 Å². The van der Waals surface area contributed by atoms with Crippen LogP contribution in [-0.2, 0) is 20.0 Å². The second-order valence-corrected chi connectivity index (χ2v) is 16.0. The Kier molecular flexibility index (Phi) is 9.17. The van der Waals surface area contributed by atoms with Crippen molar-refractivity contribution >= 4 is 54.2 Å². The van der Waals surface area contributed by atoms with Crippen molar-refractivity contribution < 1.29 is 21.6 Å². The van der Waals surface area contributed by atoms with E-state index in [-0.39, 0.29) is 21.9 Å². The maximum Gasteiger partial charge on any atom is 0.264 e. The highest BCUT2D eigenvalue weighted by molar-refractivity contribution is 7.99. The lowest BCUT2D eigenvalue weighted by Crippen LogP contribution is -2.37. The molecule has 1 aliphatic rings. The topological polar surface area (TPSA) is 113 Å². The van der Waals surface area contributed by atoms with Crippen molar-refractivity contribution in [1.82, 2.24) is 9.44 Å². The van der Waals surface area contributed by atoms with E-state index in [2.05, 4.69) is 28.2 Å². The van der Waals surface area contributed by atoms with E-state index >= 15 is 0 Å². The van der Waals surface area contributed by atoms with Crippen molar-refractivity contribution in [1.29, 1.82) is 0 Å². The smallest absolute Gasteiger partial charge is 0.264 e. The first kappa shape index (κ1) is 31.1. The van der Waals surface area contributed by atoms with Crippen molar-refractivity contribution in [3.63, 3.8) is 0 Å². The summed E-state index contributed by atoms with van der Waals surface area (Å²) in [6, 6.07) is 25.5. The number of nitrogens with zero attached hydrogens (tertiary/aromatic N) is 1. The number of piperidine rings is 1. The van der Waals surface area contributed by atoms with Crippen molar-refractivity contribution in [3.8, 4) is 0 Å². The maximum absolute atomic E-state index is 13.1. The lowest BCUT2D eigenvalue weighted by Gasteiger charge is -2.38. The summed E-state index contributed by atoms with van der Waals surface area (Å²) in [6.07, 6.45) is 2.16. The summed E-state index contributed by atoms with van der Waals surface area (Å²) in [5.41, 5.74) is 1.55. The van der Waals surface area contributed by atoms with Crippen LogP contribution in [0, 0.1) is 5.41 Å². The van der Waals surface area contributed by atoms with Crippen LogP contribution in [0.15, 0.2) is 106 Å². The second-order valence-electron chi connectivity index (χ2n) is 11.4. The Hall–Kier alpha value is -3.38. The number of fused-ring (bicyclic) bond motifs is 1. The predicted molar refractivity (Wildman–Crippen MR) is 173 cm³/mol. The Morgan fingerprint density at radius 1 is 0.791 bits per heavy atom. The van der Waals surface area contributed by atoms with Crippen molar-refractivity contribution in [3.05, 3.63) is 96.6 Å². The third-order valence-corrected chi connectivity index (χ3v) is 11.4. The highest BCUT2D eigenvalue weighted by atomic mass is 32.2. The van der Waals surface area contributed by atoms with E-state index in [1.54, 1.807) is 36.0 Å². The Labute approximate surface area is 258 Å². The molecule has 1 fully saturated rings. The molecule has 43 heavy (non-hydrogen) atoms. The third-order valence-electron chi connectivity index (χ3n) is 7.65. The van der Waals surface area contributed by atoms with Gasteiger partial charge in [-0.3, -0.25) is 4.79 Å². The van der Waals surface area contributed by atoms with E-state index in [0.29, 0.717) is 21.9 Å². The van der Waals surface area contributed by atoms with E-state index in [1.165, 1.54) is 24.3 Å². The molecule has 0 spiro atoms. The first-order valence-corrected chi connectivity index (χ1v) is 18.0. The van der Waals surface area contributed by atoms with Gasteiger partial charge in [0, 0.05) is 41.5 Å². The average molecular weight is 638 g/mol. The minimum absolute atomic E-state index is 0.0284. The second kappa shape index (κ2) is 12.7. The van der Waals surface area contributed by atoms with Crippen LogP contribution in [0.2, 0.25) is 0 Å². The fraction of sp³-hybridized carbons (Fsp3) is 0.281. The van der Waals surface area contributed by atoms with Crippen LogP contribution in [0.1, 0.15) is 37.0 Å². The molecule has 0 atom stereocenters. The Morgan fingerprint density at radius 3 is 2.02 bits per heavy atom. The first-order valence-electron chi connectivity index (χ1n) is 14.1. The summed E-state index contributed by atoms with van der Waals surface area (Å²) >= 11 is 1.54. The number of hydrogen-bond acceptors (Lipinski definition) is 7. The molecule has 2 N–H and O–H groups in total. The van der Waals surface area contributed by atoms with Gasteiger partial charge in [-0.05, 0) is 89.7 Å². The molecule has 8 nitrogen and oxygen atoms in total. The number of carbonyl (C=O) groups is 1. The van der Waals surface area contributed by atoms with Crippen LogP contribution in [0.5, 0.6) is 0 Å². The van der Waals surface area contributed by atoms with E-state index < -0.39 is 26.0 Å². The summed E-state index contributed by atoms with van der Waals surface area (Å²) < 4.78 is 56.9. The molecule has 226 valence electrons. The number of hydrogen-bond donors (Lipinski definition) is 2. The zero-order valence-corrected chi connectivity index (χ0v) is 26.6. The van der Waals surface area contributed by atoms with Crippen LogP contribution in [0.3, 0.4) is 0 Å². The number of rotatable bonds is 10. The van der Waals surface area contributed by atoms with Crippen LogP contribution in [-0.4, -0.2) is 48.1 Å². The molecular weight excluding hydrogens is 603 g/mol. The molecule has 1 aliphatic heterocycles. The summed E-state index contributed by atoms with van der Waals surface area (Å²) in [5, 5.41) is 1.09. The molecule has 1 saturated heterocycles. The monoisotopic (exact) mass is 637 g/mol. The van der Waals surface area contributed by atoms with Crippen molar-refractivity contribution in [2.45, 2.75) is 41.4 Å². The quantitative estimate of drug-likeness (QED) is 0.171. The van der Waals surface area contributed by atoms with Gasteiger partial charge in [-0.2, -0.15) is 0 Å². The molecule has 5 rings (SSSR count). The Morgan fingerprint density at radius 2 is 1.40 bits per heavy atom. The normalized spacial score (nSPS) is 15.3. The molecule has 0 aromatic heterocycles. The van der Waals surface area contributed by atoms with Gasteiger partial charge in [-0.25, -0.2) is 26.3 Å². The Bertz CT molecular complexity index is 1820. The highest BCUT2D eigenvalue weighted by Crippen LogP contribution is 2.32. The van der Waals surface area contributed by atoms with Crippen molar-refractivity contribution in [2.75, 3.05) is 30.3 Å². The van der Waals surface area contributed by atoms with E-state index in [9.17, 15) is 21.6 Å². The highest BCUT2D eigenvalue weighted by Gasteiger charge is 2.26. The van der Waals surface area contributed by atoms with E-state index in [0.717, 1.165) is 36.5 Å².